The molecule has 0 saturated carbocycles. The third-order valence-corrected chi connectivity index (χ3v) is 6.19. The van der Waals surface area contributed by atoms with Crippen LogP contribution in [-0.4, -0.2) is 34.9 Å². The van der Waals surface area contributed by atoms with Crippen molar-refractivity contribution in [2.24, 2.45) is 0 Å². The van der Waals surface area contributed by atoms with Gasteiger partial charge in [-0.05, 0) is 31.0 Å². The van der Waals surface area contributed by atoms with Crippen molar-refractivity contribution in [2.45, 2.75) is 32.7 Å². The Bertz CT molecular complexity index is 1060. The van der Waals surface area contributed by atoms with Crippen molar-refractivity contribution < 1.29 is 9.59 Å². The number of anilines is 1. The SMILES string of the molecule is Cc1ccc(-c2nc(CCNC(=O)Nc3cccc(CN4CCCC4=O)c3)cs2)cc1. The molecule has 3 amide bonds. The third kappa shape index (κ3) is 5.70. The summed E-state index contributed by atoms with van der Waals surface area (Å²) in [5.74, 6) is 0.198. The van der Waals surface area contributed by atoms with Crippen LogP contribution in [0.3, 0.4) is 0 Å². The van der Waals surface area contributed by atoms with Gasteiger partial charge in [-0.15, -0.1) is 11.3 Å². The molecule has 1 aliphatic heterocycles. The van der Waals surface area contributed by atoms with Crippen LogP contribution in [-0.2, 0) is 17.8 Å². The fourth-order valence-electron chi connectivity index (χ4n) is 3.57. The Morgan fingerprint density at radius 2 is 2.03 bits per heavy atom. The second-order valence-corrected chi connectivity index (χ2v) is 8.62. The van der Waals surface area contributed by atoms with Crippen molar-refractivity contribution in [3.05, 3.63) is 70.7 Å². The van der Waals surface area contributed by atoms with E-state index in [1.165, 1.54) is 5.56 Å². The van der Waals surface area contributed by atoms with Gasteiger partial charge in [-0.1, -0.05) is 42.0 Å². The minimum absolute atomic E-state index is 0.198. The van der Waals surface area contributed by atoms with E-state index < -0.39 is 0 Å². The van der Waals surface area contributed by atoms with Gasteiger partial charge >= 0.3 is 6.03 Å². The van der Waals surface area contributed by atoms with Gasteiger partial charge in [-0.2, -0.15) is 0 Å². The summed E-state index contributed by atoms with van der Waals surface area (Å²) in [5.41, 5.74) is 5.04. The van der Waals surface area contributed by atoms with E-state index in [0.29, 0.717) is 25.9 Å². The molecule has 160 valence electrons. The van der Waals surface area contributed by atoms with Crippen molar-refractivity contribution >= 4 is 29.0 Å². The van der Waals surface area contributed by atoms with E-state index in [1.807, 2.05) is 34.5 Å². The molecule has 0 atom stereocenters. The first-order chi connectivity index (χ1) is 15.1. The number of likely N-dealkylation sites (tertiary alicyclic amines) is 1. The number of aryl methyl sites for hydroxylation is 1. The number of thiazole rings is 1. The quantitative estimate of drug-likeness (QED) is 0.570. The van der Waals surface area contributed by atoms with Crippen LogP contribution in [0.15, 0.2) is 53.9 Å². The number of aromatic nitrogens is 1. The Morgan fingerprint density at radius 3 is 2.81 bits per heavy atom. The summed E-state index contributed by atoms with van der Waals surface area (Å²) >= 11 is 1.62. The van der Waals surface area contributed by atoms with Gasteiger partial charge in [-0.25, -0.2) is 9.78 Å². The molecule has 3 aromatic rings. The highest BCUT2D eigenvalue weighted by Crippen LogP contribution is 2.24. The molecule has 0 radical (unpaired) electrons. The number of nitrogens with one attached hydrogen (secondary N) is 2. The van der Waals surface area contributed by atoms with Crippen LogP contribution in [0.1, 0.15) is 29.7 Å². The number of urea groups is 1. The zero-order chi connectivity index (χ0) is 21.6. The molecule has 7 heteroatoms. The van der Waals surface area contributed by atoms with Gasteiger partial charge in [-0.3, -0.25) is 4.79 Å². The second kappa shape index (κ2) is 9.75. The minimum Gasteiger partial charge on any atom is -0.338 e. The molecular weight excluding hydrogens is 408 g/mol. The molecule has 2 N–H and O–H groups in total. The Balaban J connectivity index is 1.25. The van der Waals surface area contributed by atoms with Crippen molar-refractivity contribution in [1.82, 2.24) is 15.2 Å². The molecule has 31 heavy (non-hydrogen) atoms. The first-order valence-corrected chi connectivity index (χ1v) is 11.4. The van der Waals surface area contributed by atoms with Crippen LogP contribution in [0, 0.1) is 6.92 Å². The molecule has 0 bridgehead atoms. The van der Waals surface area contributed by atoms with Gasteiger partial charge in [0, 0.05) is 49.1 Å². The summed E-state index contributed by atoms with van der Waals surface area (Å²) in [7, 11) is 0. The summed E-state index contributed by atoms with van der Waals surface area (Å²) in [5, 5.41) is 8.79. The molecule has 1 fully saturated rings. The Kier molecular flexibility index (Phi) is 6.62. The summed E-state index contributed by atoms with van der Waals surface area (Å²) < 4.78 is 0. The standard InChI is InChI=1S/C24H26N4O2S/c1-17-7-9-19(10-8-17)23-26-21(16-31-23)11-12-25-24(30)27-20-5-2-4-18(14-20)15-28-13-3-6-22(28)29/h2,4-5,7-10,14,16H,3,6,11-13,15H2,1H3,(H2,25,27,30). The molecular formula is C24H26N4O2S. The average molecular weight is 435 g/mol. The van der Waals surface area contributed by atoms with Gasteiger partial charge in [0.1, 0.15) is 5.01 Å². The summed E-state index contributed by atoms with van der Waals surface area (Å²) in [6.07, 6.45) is 2.23. The maximum atomic E-state index is 12.3. The smallest absolute Gasteiger partial charge is 0.319 e. The molecule has 2 heterocycles. The molecule has 0 spiro atoms. The summed E-state index contributed by atoms with van der Waals surface area (Å²) in [4.78, 5) is 30.6. The van der Waals surface area contributed by atoms with Crippen LogP contribution in [0.5, 0.6) is 0 Å². The maximum Gasteiger partial charge on any atom is 0.319 e. The van der Waals surface area contributed by atoms with E-state index in [4.69, 9.17) is 0 Å². The number of rotatable bonds is 7. The first kappa shape index (κ1) is 21.1. The Hall–Kier alpha value is -3.19. The molecule has 4 rings (SSSR count). The first-order valence-electron chi connectivity index (χ1n) is 10.5. The maximum absolute atomic E-state index is 12.3. The normalized spacial score (nSPS) is 13.5. The second-order valence-electron chi connectivity index (χ2n) is 7.76. The number of nitrogens with zero attached hydrogens (tertiary/aromatic N) is 2. The van der Waals surface area contributed by atoms with Crippen molar-refractivity contribution in [2.75, 3.05) is 18.4 Å². The highest BCUT2D eigenvalue weighted by molar-refractivity contribution is 7.13. The van der Waals surface area contributed by atoms with Crippen LogP contribution in [0.2, 0.25) is 0 Å². The molecule has 6 nitrogen and oxygen atoms in total. The van der Waals surface area contributed by atoms with Crippen LogP contribution >= 0.6 is 11.3 Å². The van der Waals surface area contributed by atoms with Crippen molar-refractivity contribution in [1.29, 1.82) is 0 Å². The Morgan fingerprint density at radius 1 is 1.19 bits per heavy atom. The van der Waals surface area contributed by atoms with Gasteiger partial charge in [0.2, 0.25) is 5.91 Å². The lowest BCUT2D eigenvalue weighted by atomic mass is 10.2. The van der Waals surface area contributed by atoms with Gasteiger partial charge < -0.3 is 15.5 Å². The number of carbonyl (C=O) groups excluding carboxylic acids is 2. The van der Waals surface area contributed by atoms with Crippen LogP contribution < -0.4 is 10.6 Å². The van der Waals surface area contributed by atoms with E-state index in [2.05, 4.69) is 46.8 Å². The Labute approximate surface area is 186 Å². The van der Waals surface area contributed by atoms with Crippen molar-refractivity contribution in [3.63, 3.8) is 0 Å². The zero-order valence-corrected chi connectivity index (χ0v) is 18.4. The molecule has 1 aliphatic rings. The van der Waals surface area contributed by atoms with Crippen molar-refractivity contribution in [3.8, 4) is 10.6 Å². The average Bonchev–Trinajstić information content (AvgIpc) is 3.38. The number of benzene rings is 2. The third-order valence-electron chi connectivity index (χ3n) is 5.25. The van der Waals surface area contributed by atoms with Crippen LogP contribution in [0.25, 0.3) is 10.6 Å². The molecule has 0 unspecified atom stereocenters. The lowest BCUT2D eigenvalue weighted by molar-refractivity contribution is -0.128. The minimum atomic E-state index is -0.247. The zero-order valence-electron chi connectivity index (χ0n) is 17.6. The van der Waals surface area contributed by atoms with E-state index in [0.717, 1.165) is 40.5 Å². The number of amides is 3. The lowest BCUT2D eigenvalue weighted by Gasteiger charge is -2.16. The highest BCUT2D eigenvalue weighted by atomic mass is 32.1. The molecule has 1 saturated heterocycles. The van der Waals surface area contributed by atoms with E-state index >= 15 is 0 Å². The fraction of sp³-hybridized carbons (Fsp3) is 0.292. The predicted molar refractivity (Wildman–Crippen MR) is 124 cm³/mol. The topological polar surface area (TPSA) is 74.3 Å². The highest BCUT2D eigenvalue weighted by Gasteiger charge is 2.20. The predicted octanol–water partition coefficient (Wildman–Crippen LogP) is 4.61. The van der Waals surface area contributed by atoms with Crippen LogP contribution in [0.4, 0.5) is 10.5 Å². The largest absolute Gasteiger partial charge is 0.338 e. The number of hydrogen-bond acceptors (Lipinski definition) is 4. The fourth-order valence-corrected chi connectivity index (χ4v) is 4.43. The van der Waals surface area contributed by atoms with Gasteiger partial charge in [0.05, 0.1) is 5.69 Å². The number of hydrogen-bond donors (Lipinski definition) is 2. The van der Waals surface area contributed by atoms with E-state index in [1.54, 1.807) is 11.3 Å². The van der Waals surface area contributed by atoms with E-state index in [-0.39, 0.29) is 11.9 Å². The summed E-state index contributed by atoms with van der Waals surface area (Å²) in [6, 6.07) is 15.7. The van der Waals surface area contributed by atoms with E-state index in [9.17, 15) is 9.59 Å². The summed E-state index contributed by atoms with van der Waals surface area (Å²) in [6.45, 7) is 3.96. The molecule has 2 aromatic carbocycles. The monoisotopic (exact) mass is 434 g/mol. The molecule has 0 aliphatic carbocycles. The lowest BCUT2D eigenvalue weighted by Crippen LogP contribution is -2.30. The molecule has 1 aromatic heterocycles. The van der Waals surface area contributed by atoms with Gasteiger partial charge in [0.15, 0.2) is 0 Å². The number of carbonyl (C=O) groups is 2. The van der Waals surface area contributed by atoms with Gasteiger partial charge in [0.25, 0.3) is 0 Å².